The summed E-state index contributed by atoms with van der Waals surface area (Å²) in [5.74, 6) is 0.124. The van der Waals surface area contributed by atoms with E-state index in [2.05, 4.69) is 4.72 Å². The van der Waals surface area contributed by atoms with E-state index in [1.165, 1.54) is 0 Å². The van der Waals surface area contributed by atoms with E-state index in [0.717, 1.165) is 12.1 Å². The highest BCUT2D eigenvalue weighted by Crippen LogP contribution is 2.15. The molecule has 0 bridgehead atoms. The SMILES string of the molecule is CC(C)CN1SNC(=O)CC1=O. The van der Waals surface area contributed by atoms with Crippen LogP contribution in [0, 0.1) is 5.92 Å². The second-order valence-electron chi connectivity index (χ2n) is 3.14. The topological polar surface area (TPSA) is 49.4 Å². The molecule has 1 fully saturated rings. The highest BCUT2D eigenvalue weighted by atomic mass is 32.2. The van der Waals surface area contributed by atoms with Crippen LogP contribution in [0.1, 0.15) is 20.3 Å². The summed E-state index contributed by atoms with van der Waals surface area (Å²) in [4.78, 5) is 21.9. The lowest BCUT2D eigenvalue weighted by molar-refractivity contribution is -0.133. The average Bonchev–Trinajstić information content (AvgIpc) is 1.94. The van der Waals surface area contributed by atoms with Gasteiger partial charge in [-0.3, -0.25) is 18.6 Å². The van der Waals surface area contributed by atoms with Crippen LogP contribution in [0.4, 0.5) is 0 Å². The van der Waals surface area contributed by atoms with Crippen LogP contribution in [0.25, 0.3) is 0 Å². The summed E-state index contributed by atoms with van der Waals surface area (Å²) in [6, 6.07) is 0. The molecule has 12 heavy (non-hydrogen) atoms. The van der Waals surface area contributed by atoms with Gasteiger partial charge < -0.3 is 0 Å². The van der Waals surface area contributed by atoms with E-state index in [1.807, 2.05) is 13.8 Å². The molecule has 5 heteroatoms. The molecule has 0 radical (unpaired) electrons. The Morgan fingerprint density at radius 1 is 1.58 bits per heavy atom. The molecule has 1 aliphatic rings. The third kappa shape index (κ3) is 2.41. The monoisotopic (exact) mass is 188 g/mol. The van der Waals surface area contributed by atoms with Gasteiger partial charge in [-0.25, -0.2) is 0 Å². The molecule has 0 aliphatic carbocycles. The highest BCUT2D eigenvalue weighted by molar-refractivity contribution is 7.96. The summed E-state index contributed by atoms with van der Waals surface area (Å²) >= 11 is 1.09. The smallest absolute Gasteiger partial charge is 0.243 e. The van der Waals surface area contributed by atoms with Crippen molar-refractivity contribution in [2.75, 3.05) is 6.54 Å². The molecule has 0 aromatic carbocycles. The van der Waals surface area contributed by atoms with Gasteiger partial charge >= 0.3 is 0 Å². The lowest BCUT2D eigenvalue weighted by Gasteiger charge is -2.26. The first kappa shape index (κ1) is 9.38. The molecule has 0 aromatic rings. The molecule has 0 spiro atoms. The first-order valence-corrected chi connectivity index (χ1v) is 4.63. The maximum atomic E-state index is 11.2. The van der Waals surface area contributed by atoms with E-state index in [9.17, 15) is 9.59 Å². The Morgan fingerprint density at radius 2 is 2.25 bits per heavy atom. The summed E-state index contributed by atoms with van der Waals surface area (Å²) < 4.78 is 4.14. The van der Waals surface area contributed by atoms with E-state index >= 15 is 0 Å². The van der Waals surface area contributed by atoms with Crippen molar-refractivity contribution in [1.29, 1.82) is 0 Å². The van der Waals surface area contributed by atoms with Gasteiger partial charge in [0.25, 0.3) is 0 Å². The Morgan fingerprint density at radius 3 is 2.75 bits per heavy atom. The third-order valence-corrected chi connectivity index (χ3v) is 2.28. The number of hydrogen-bond donors (Lipinski definition) is 1. The fourth-order valence-corrected chi connectivity index (χ4v) is 1.71. The predicted molar refractivity (Wildman–Crippen MR) is 46.9 cm³/mol. The number of nitrogens with one attached hydrogen (secondary N) is 1. The van der Waals surface area contributed by atoms with Crippen molar-refractivity contribution >= 4 is 23.9 Å². The van der Waals surface area contributed by atoms with Crippen molar-refractivity contribution in [2.45, 2.75) is 20.3 Å². The van der Waals surface area contributed by atoms with Crippen molar-refractivity contribution in [2.24, 2.45) is 5.92 Å². The molecule has 68 valence electrons. The zero-order valence-corrected chi connectivity index (χ0v) is 7.98. The number of amides is 2. The zero-order chi connectivity index (χ0) is 9.14. The summed E-state index contributed by atoms with van der Waals surface area (Å²) in [5, 5.41) is 0. The van der Waals surface area contributed by atoms with Crippen LogP contribution in [0.2, 0.25) is 0 Å². The van der Waals surface area contributed by atoms with Gasteiger partial charge in [0.05, 0.1) is 12.1 Å². The number of rotatable bonds is 2. The molecule has 0 unspecified atom stereocenters. The molecule has 1 aliphatic heterocycles. The lowest BCUT2D eigenvalue weighted by atomic mass is 10.2. The fraction of sp³-hybridized carbons (Fsp3) is 0.714. The molecule has 1 rings (SSSR count). The summed E-state index contributed by atoms with van der Waals surface area (Å²) in [7, 11) is 0. The van der Waals surface area contributed by atoms with Crippen LogP contribution in [-0.2, 0) is 9.59 Å². The number of hydrogen-bond acceptors (Lipinski definition) is 3. The predicted octanol–water partition coefficient (Wildman–Crippen LogP) is 0.554. The number of carbonyl (C=O) groups is 2. The summed E-state index contributed by atoms with van der Waals surface area (Å²) in [6.07, 6.45) is -0.0142. The van der Waals surface area contributed by atoms with E-state index < -0.39 is 0 Å². The van der Waals surface area contributed by atoms with Gasteiger partial charge in [-0.05, 0) is 5.92 Å². The molecule has 1 heterocycles. The van der Waals surface area contributed by atoms with Crippen molar-refractivity contribution in [1.82, 2.24) is 9.03 Å². The molecule has 0 aromatic heterocycles. The Bertz CT molecular complexity index is 206. The largest absolute Gasteiger partial charge is 0.282 e. The minimum atomic E-state index is -0.204. The van der Waals surface area contributed by atoms with Gasteiger partial charge in [0, 0.05) is 6.54 Å². The lowest BCUT2D eigenvalue weighted by Crippen LogP contribution is -2.40. The van der Waals surface area contributed by atoms with Crippen LogP contribution in [0.15, 0.2) is 0 Å². The number of carbonyl (C=O) groups excluding carboxylic acids is 2. The fourth-order valence-electron chi connectivity index (χ4n) is 0.889. The molecule has 4 nitrogen and oxygen atoms in total. The Balaban J connectivity index is 2.45. The van der Waals surface area contributed by atoms with Gasteiger partial charge in [0.15, 0.2) is 0 Å². The Hall–Kier alpha value is -0.710. The molecule has 2 amide bonds. The van der Waals surface area contributed by atoms with Crippen molar-refractivity contribution in [3.05, 3.63) is 0 Å². The van der Waals surface area contributed by atoms with Crippen molar-refractivity contribution < 1.29 is 9.59 Å². The standard InChI is InChI=1S/C7H12N2O2S/c1-5(2)4-9-7(11)3-6(10)8-12-9/h5H,3-4H2,1-2H3,(H,8,10). The first-order chi connectivity index (χ1) is 5.59. The van der Waals surface area contributed by atoms with E-state index in [-0.39, 0.29) is 18.2 Å². The van der Waals surface area contributed by atoms with Crippen LogP contribution in [0.5, 0.6) is 0 Å². The second-order valence-corrected chi connectivity index (χ2v) is 3.97. The summed E-state index contributed by atoms with van der Waals surface area (Å²) in [6.45, 7) is 4.75. The van der Waals surface area contributed by atoms with E-state index in [1.54, 1.807) is 4.31 Å². The average molecular weight is 188 g/mol. The van der Waals surface area contributed by atoms with Gasteiger partial charge in [0.1, 0.15) is 6.42 Å². The van der Waals surface area contributed by atoms with Gasteiger partial charge in [-0.2, -0.15) is 0 Å². The third-order valence-electron chi connectivity index (χ3n) is 1.39. The first-order valence-electron chi connectivity index (χ1n) is 3.85. The molecule has 0 saturated carbocycles. The van der Waals surface area contributed by atoms with Crippen molar-refractivity contribution in [3.8, 4) is 0 Å². The van der Waals surface area contributed by atoms with E-state index in [0.29, 0.717) is 12.5 Å². The van der Waals surface area contributed by atoms with E-state index in [4.69, 9.17) is 0 Å². The molecular formula is C7H12N2O2S. The Labute approximate surface area is 75.9 Å². The number of nitrogens with zero attached hydrogens (tertiary/aromatic N) is 1. The van der Waals surface area contributed by atoms with Crippen LogP contribution >= 0.6 is 12.1 Å². The minimum absolute atomic E-state index is 0.0142. The maximum absolute atomic E-state index is 11.2. The molecular weight excluding hydrogens is 176 g/mol. The molecule has 1 N–H and O–H groups in total. The van der Waals surface area contributed by atoms with Gasteiger partial charge in [0.2, 0.25) is 11.8 Å². The molecule has 1 saturated heterocycles. The Kier molecular flexibility index (Phi) is 2.97. The van der Waals surface area contributed by atoms with Crippen LogP contribution < -0.4 is 4.72 Å². The highest BCUT2D eigenvalue weighted by Gasteiger charge is 2.24. The minimum Gasteiger partial charge on any atom is -0.282 e. The summed E-state index contributed by atoms with van der Waals surface area (Å²) in [5.41, 5.74) is 0. The van der Waals surface area contributed by atoms with Crippen LogP contribution in [-0.4, -0.2) is 22.7 Å². The second kappa shape index (κ2) is 3.80. The molecule has 0 atom stereocenters. The van der Waals surface area contributed by atoms with Gasteiger partial charge in [-0.15, -0.1) is 0 Å². The van der Waals surface area contributed by atoms with Crippen molar-refractivity contribution in [3.63, 3.8) is 0 Å². The zero-order valence-electron chi connectivity index (χ0n) is 7.16. The maximum Gasteiger partial charge on any atom is 0.243 e. The quantitative estimate of drug-likeness (QED) is 0.508. The van der Waals surface area contributed by atoms with Crippen LogP contribution in [0.3, 0.4) is 0 Å². The van der Waals surface area contributed by atoms with Gasteiger partial charge in [-0.1, -0.05) is 13.8 Å². The normalized spacial score (nSPS) is 18.4.